The number of nitrogens with one attached hydrogen (secondary N) is 2. The molecule has 2 rings (SSSR count). The van der Waals surface area contributed by atoms with Crippen molar-refractivity contribution in [2.24, 2.45) is 0 Å². The molecular weight excluding hydrogens is 296 g/mol. The molecule has 0 saturated heterocycles. The molecule has 1 unspecified atom stereocenters. The zero-order valence-corrected chi connectivity index (χ0v) is 12.9. The summed E-state index contributed by atoms with van der Waals surface area (Å²) in [5.74, 6) is 0.0388. The van der Waals surface area contributed by atoms with Gasteiger partial charge < -0.3 is 20.5 Å². The van der Waals surface area contributed by atoms with Gasteiger partial charge in [-0.15, -0.1) is 0 Å². The summed E-state index contributed by atoms with van der Waals surface area (Å²) in [6.45, 7) is 1.84. The van der Waals surface area contributed by atoms with Crippen LogP contribution in [-0.2, 0) is 4.79 Å². The van der Waals surface area contributed by atoms with Crippen LogP contribution in [0.3, 0.4) is 0 Å². The molecule has 6 nitrogen and oxygen atoms in total. The van der Waals surface area contributed by atoms with Gasteiger partial charge in [-0.05, 0) is 36.8 Å². The lowest BCUT2D eigenvalue weighted by Crippen LogP contribution is -2.26. The highest BCUT2D eigenvalue weighted by Crippen LogP contribution is 2.27. The fraction of sp³-hybridized carbons (Fsp3) is 0.176. The molecule has 2 aromatic carbocycles. The average molecular weight is 314 g/mol. The van der Waals surface area contributed by atoms with Gasteiger partial charge in [0.05, 0.1) is 24.4 Å². The molecular formula is C17H18N2O4. The maximum atomic E-state index is 12.3. The van der Waals surface area contributed by atoms with Gasteiger partial charge in [0.1, 0.15) is 5.75 Å². The second kappa shape index (κ2) is 7.31. The van der Waals surface area contributed by atoms with E-state index in [1.54, 1.807) is 13.2 Å². The monoisotopic (exact) mass is 314 g/mol. The summed E-state index contributed by atoms with van der Waals surface area (Å²) >= 11 is 0. The van der Waals surface area contributed by atoms with Crippen LogP contribution < -0.4 is 15.4 Å². The van der Waals surface area contributed by atoms with E-state index in [4.69, 9.17) is 4.74 Å². The smallest absolute Gasteiger partial charge is 0.255 e. The van der Waals surface area contributed by atoms with Crippen LogP contribution in [-0.4, -0.2) is 24.5 Å². The number of hydrogen-bond donors (Lipinski definition) is 3. The van der Waals surface area contributed by atoms with Gasteiger partial charge in [0.2, 0.25) is 6.41 Å². The van der Waals surface area contributed by atoms with Crippen LogP contribution in [0.1, 0.15) is 28.9 Å². The second-order valence-corrected chi connectivity index (χ2v) is 4.93. The van der Waals surface area contributed by atoms with Crippen LogP contribution in [0.4, 0.5) is 5.69 Å². The SMILES string of the molecule is COc1ccc(C(C)NC(=O)c2cccc(NC=O)c2O)cc1. The lowest BCUT2D eigenvalue weighted by atomic mass is 10.1. The van der Waals surface area contributed by atoms with Gasteiger partial charge in [-0.2, -0.15) is 0 Å². The molecule has 2 amide bonds. The highest BCUT2D eigenvalue weighted by molar-refractivity contribution is 5.99. The van der Waals surface area contributed by atoms with Crippen molar-refractivity contribution in [1.29, 1.82) is 0 Å². The minimum absolute atomic E-state index is 0.0946. The molecule has 2 aromatic rings. The Hall–Kier alpha value is -3.02. The van der Waals surface area contributed by atoms with Crippen molar-refractivity contribution in [2.75, 3.05) is 12.4 Å². The van der Waals surface area contributed by atoms with E-state index in [1.807, 2.05) is 31.2 Å². The molecule has 23 heavy (non-hydrogen) atoms. The predicted octanol–water partition coefficient (Wildman–Crippen LogP) is 2.46. The van der Waals surface area contributed by atoms with Crippen molar-refractivity contribution in [1.82, 2.24) is 5.32 Å². The van der Waals surface area contributed by atoms with E-state index in [-0.39, 0.29) is 23.0 Å². The van der Waals surface area contributed by atoms with Crippen molar-refractivity contribution >= 4 is 18.0 Å². The molecule has 0 saturated carbocycles. The van der Waals surface area contributed by atoms with Crippen molar-refractivity contribution in [3.05, 3.63) is 53.6 Å². The number of phenolic OH excluding ortho intramolecular Hbond substituents is 1. The molecule has 120 valence electrons. The maximum absolute atomic E-state index is 12.3. The summed E-state index contributed by atoms with van der Waals surface area (Å²) in [6.07, 6.45) is 0.441. The third-order valence-corrected chi connectivity index (χ3v) is 3.46. The normalized spacial score (nSPS) is 11.4. The molecule has 3 N–H and O–H groups in total. The number of anilines is 1. The van der Waals surface area contributed by atoms with Gasteiger partial charge in [-0.3, -0.25) is 9.59 Å². The largest absolute Gasteiger partial charge is 0.505 e. The molecule has 0 aliphatic carbocycles. The summed E-state index contributed by atoms with van der Waals surface area (Å²) in [7, 11) is 1.59. The molecule has 1 atom stereocenters. The lowest BCUT2D eigenvalue weighted by molar-refractivity contribution is -0.105. The van der Waals surface area contributed by atoms with Gasteiger partial charge in [-0.25, -0.2) is 0 Å². The van der Waals surface area contributed by atoms with E-state index in [1.165, 1.54) is 12.1 Å². The molecule has 0 aliphatic heterocycles. The Labute approximate surface area is 134 Å². The van der Waals surface area contributed by atoms with E-state index in [0.717, 1.165) is 11.3 Å². The first-order valence-electron chi connectivity index (χ1n) is 7.03. The number of ether oxygens (including phenoxy) is 1. The quantitative estimate of drug-likeness (QED) is 0.564. The fourth-order valence-electron chi connectivity index (χ4n) is 2.16. The lowest BCUT2D eigenvalue weighted by Gasteiger charge is -2.16. The molecule has 0 radical (unpaired) electrons. The van der Waals surface area contributed by atoms with Crippen LogP contribution in [0.15, 0.2) is 42.5 Å². The molecule has 0 spiro atoms. The highest BCUT2D eigenvalue weighted by Gasteiger charge is 2.16. The first-order valence-corrected chi connectivity index (χ1v) is 7.03. The van der Waals surface area contributed by atoms with E-state index in [0.29, 0.717) is 6.41 Å². The average Bonchev–Trinajstić information content (AvgIpc) is 2.57. The first-order chi connectivity index (χ1) is 11.1. The van der Waals surface area contributed by atoms with Gasteiger partial charge in [0.15, 0.2) is 5.75 Å². The zero-order chi connectivity index (χ0) is 16.8. The van der Waals surface area contributed by atoms with Crippen molar-refractivity contribution < 1.29 is 19.4 Å². The minimum atomic E-state index is -0.430. The number of benzene rings is 2. The first kappa shape index (κ1) is 16.4. The molecule has 0 aliphatic rings. The molecule has 0 heterocycles. The molecule has 0 bridgehead atoms. The Morgan fingerprint density at radius 1 is 1.22 bits per heavy atom. The summed E-state index contributed by atoms with van der Waals surface area (Å²) in [5, 5.41) is 15.2. The molecule has 0 aromatic heterocycles. The number of amides is 2. The van der Waals surface area contributed by atoms with E-state index in [2.05, 4.69) is 10.6 Å². The maximum Gasteiger partial charge on any atom is 0.255 e. The van der Waals surface area contributed by atoms with E-state index in [9.17, 15) is 14.7 Å². The summed E-state index contributed by atoms with van der Waals surface area (Å²) < 4.78 is 5.10. The van der Waals surface area contributed by atoms with Gasteiger partial charge >= 0.3 is 0 Å². The number of para-hydroxylation sites is 1. The van der Waals surface area contributed by atoms with Crippen molar-refractivity contribution in [3.8, 4) is 11.5 Å². The third kappa shape index (κ3) is 3.79. The topological polar surface area (TPSA) is 87.7 Å². The Bertz CT molecular complexity index is 698. The number of aromatic hydroxyl groups is 1. The number of carbonyl (C=O) groups is 2. The summed E-state index contributed by atoms with van der Waals surface area (Å²) in [6, 6.07) is 11.7. The third-order valence-electron chi connectivity index (χ3n) is 3.46. The van der Waals surface area contributed by atoms with Crippen LogP contribution in [0.2, 0.25) is 0 Å². The van der Waals surface area contributed by atoms with Crippen LogP contribution in [0, 0.1) is 0 Å². The Balaban J connectivity index is 2.14. The zero-order valence-electron chi connectivity index (χ0n) is 12.9. The number of methoxy groups -OCH3 is 1. The van der Waals surface area contributed by atoms with Crippen molar-refractivity contribution in [3.63, 3.8) is 0 Å². The Morgan fingerprint density at radius 3 is 2.52 bits per heavy atom. The minimum Gasteiger partial charge on any atom is -0.505 e. The predicted molar refractivity (Wildman–Crippen MR) is 86.7 cm³/mol. The summed E-state index contributed by atoms with van der Waals surface area (Å²) in [4.78, 5) is 22.8. The van der Waals surface area contributed by atoms with Gasteiger partial charge in [-0.1, -0.05) is 18.2 Å². The molecule has 6 heteroatoms. The van der Waals surface area contributed by atoms with Gasteiger partial charge in [0.25, 0.3) is 5.91 Å². The number of rotatable bonds is 6. The summed E-state index contributed by atoms with van der Waals surface area (Å²) in [5.41, 5.74) is 1.18. The van der Waals surface area contributed by atoms with Crippen LogP contribution in [0.25, 0.3) is 0 Å². The number of hydrogen-bond acceptors (Lipinski definition) is 4. The Morgan fingerprint density at radius 2 is 1.91 bits per heavy atom. The second-order valence-electron chi connectivity index (χ2n) is 4.93. The van der Waals surface area contributed by atoms with Gasteiger partial charge in [0, 0.05) is 0 Å². The Kier molecular flexibility index (Phi) is 5.19. The van der Waals surface area contributed by atoms with Crippen molar-refractivity contribution in [2.45, 2.75) is 13.0 Å². The fourth-order valence-corrected chi connectivity index (χ4v) is 2.16. The molecule has 0 fully saturated rings. The van der Waals surface area contributed by atoms with Crippen LogP contribution in [0.5, 0.6) is 11.5 Å². The van der Waals surface area contributed by atoms with E-state index < -0.39 is 5.91 Å². The van der Waals surface area contributed by atoms with Crippen LogP contribution >= 0.6 is 0 Å². The number of phenols is 1. The highest BCUT2D eigenvalue weighted by atomic mass is 16.5. The standard InChI is InChI=1S/C17H18N2O4/c1-11(12-6-8-13(23-2)9-7-12)19-17(22)14-4-3-5-15(16(14)21)18-10-20/h3-11,21H,1-2H3,(H,18,20)(H,19,22). The number of carbonyl (C=O) groups excluding carboxylic acids is 2. The van der Waals surface area contributed by atoms with E-state index >= 15 is 0 Å².